The first-order chi connectivity index (χ1) is 11.6. The van der Waals surface area contributed by atoms with Gasteiger partial charge in [-0.25, -0.2) is 0 Å². The molecule has 3 rings (SSSR count). The molecular formula is C18H20ClNO3S. The summed E-state index contributed by atoms with van der Waals surface area (Å²) in [5.41, 5.74) is 1.15. The molecule has 0 atom stereocenters. The van der Waals surface area contributed by atoms with E-state index in [1.54, 1.807) is 24.3 Å². The lowest BCUT2D eigenvalue weighted by Crippen LogP contribution is -2.42. The lowest BCUT2D eigenvalue weighted by atomic mass is 9.94. The fourth-order valence-corrected chi connectivity index (χ4v) is 4.34. The Kier molecular flexibility index (Phi) is 5.64. The molecule has 0 radical (unpaired) electrons. The summed E-state index contributed by atoms with van der Waals surface area (Å²) in [7, 11) is 0. The maximum absolute atomic E-state index is 13.0. The van der Waals surface area contributed by atoms with Gasteiger partial charge < -0.3 is 5.11 Å². The molecule has 0 bridgehead atoms. The summed E-state index contributed by atoms with van der Waals surface area (Å²) in [5.74, 6) is -0.0332. The molecule has 1 aliphatic carbocycles. The van der Waals surface area contributed by atoms with E-state index >= 15 is 0 Å². The molecule has 0 aromatic heterocycles. The molecule has 2 amide bonds. The number of aliphatic hydroxyl groups excluding tert-OH is 1. The van der Waals surface area contributed by atoms with E-state index in [2.05, 4.69) is 0 Å². The molecule has 1 N–H and O–H groups in total. The Hall–Kier alpha value is -1.30. The number of halogens is 1. The monoisotopic (exact) mass is 365 g/mol. The van der Waals surface area contributed by atoms with Gasteiger partial charge in [-0.05, 0) is 30.5 Å². The highest BCUT2D eigenvalue weighted by Gasteiger charge is 2.42. The van der Waals surface area contributed by atoms with Crippen LogP contribution < -0.4 is 0 Å². The van der Waals surface area contributed by atoms with Gasteiger partial charge in [-0.15, -0.1) is 11.8 Å². The molecule has 6 heteroatoms. The van der Waals surface area contributed by atoms with Crippen LogP contribution in [0.25, 0.3) is 5.57 Å². The van der Waals surface area contributed by atoms with Crippen LogP contribution in [0.15, 0.2) is 29.2 Å². The number of hydrogen-bond donors (Lipinski definition) is 1. The molecule has 2 aliphatic rings. The van der Waals surface area contributed by atoms with Crippen molar-refractivity contribution in [2.75, 3.05) is 12.4 Å². The topological polar surface area (TPSA) is 57.6 Å². The summed E-state index contributed by atoms with van der Waals surface area (Å²) in [5, 5.41) is 9.70. The Balaban J connectivity index is 1.96. The Labute approximate surface area is 150 Å². The first kappa shape index (κ1) is 17.5. The molecule has 1 aliphatic heterocycles. The number of nitrogens with zero attached hydrogens (tertiary/aromatic N) is 1. The van der Waals surface area contributed by atoms with Crippen molar-refractivity contribution in [3.63, 3.8) is 0 Å². The zero-order chi connectivity index (χ0) is 17.1. The first-order valence-corrected chi connectivity index (χ1v) is 9.61. The minimum Gasteiger partial charge on any atom is -0.396 e. The summed E-state index contributed by atoms with van der Waals surface area (Å²) in [6.07, 6.45) is 5.03. The van der Waals surface area contributed by atoms with Crippen molar-refractivity contribution in [3.8, 4) is 0 Å². The average molecular weight is 366 g/mol. The van der Waals surface area contributed by atoms with Gasteiger partial charge in [0.05, 0.1) is 17.1 Å². The number of imide groups is 1. The first-order valence-electron chi connectivity index (χ1n) is 8.25. The van der Waals surface area contributed by atoms with Gasteiger partial charge >= 0.3 is 0 Å². The number of hydrogen-bond acceptors (Lipinski definition) is 4. The van der Waals surface area contributed by atoms with Crippen molar-refractivity contribution >= 4 is 40.8 Å². The van der Waals surface area contributed by atoms with Crippen LogP contribution in [-0.2, 0) is 9.59 Å². The molecule has 128 valence electrons. The van der Waals surface area contributed by atoms with Gasteiger partial charge in [-0.2, -0.15) is 0 Å². The van der Waals surface area contributed by atoms with Crippen molar-refractivity contribution < 1.29 is 14.7 Å². The van der Waals surface area contributed by atoms with Gasteiger partial charge in [-0.3, -0.25) is 14.5 Å². The molecule has 4 nitrogen and oxygen atoms in total. The smallest absolute Gasteiger partial charge is 0.268 e. The Morgan fingerprint density at radius 1 is 1.08 bits per heavy atom. The minimum atomic E-state index is -0.213. The minimum absolute atomic E-state index is 0.00623. The second-order valence-electron chi connectivity index (χ2n) is 6.06. The van der Waals surface area contributed by atoms with Crippen molar-refractivity contribution in [3.05, 3.63) is 39.8 Å². The van der Waals surface area contributed by atoms with Crippen LogP contribution in [0.1, 0.15) is 37.7 Å². The molecule has 1 fully saturated rings. The number of amides is 2. The quantitative estimate of drug-likeness (QED) is 0.811. The molecule has 1 aromatic carbocycles. The van der Waals surface area contributed by atoms with E-state index in [4.69, 9.17) is 16.7 Å². The molecule has 24 heavy (non-hydrogen) atoms. The lowest BCUT2D eigenvalue weighted by molar-refractivity contribution is -0.139. The maximum Gasteiger partial charge on any atom is 0.268 e. The van der Waals surface area contributed by atoms with Gasteiger partial charge in [0.1, 0.15) is 0 Å². The lowest BCUT2D eigenvalue weighted by Gasteiger charge is -2.29. The van der Waals surface area contributed by atoms with Crippen molar-refractivity contribution in [2.45, 2.75) is 38.1 Å². The highest BCUT2D eigenvalue weighted by Crippen LogP contribution is 2.39. The normalized spacial score (nSPS) is 19.5. The molecule has 0 saturated heterocycles. The fourth-order valence-electron chi connectivity index (χ4n) is 3.35. The molecule has 1 aromatic rings. The zero-order valence-corrected chi connectivity index (χ0v) is 14.9. The molecule has 1 heterocycles. The number of thioether (sulfide) groups is 1. The van der Waals surface area contributed by atoms with Crippen LogP contribution in [0, 0.1) is 0 Å². The molecule has 1 saturated carbocycles. The third-order valence-corrected chi connectivity index (χ3v) is 5.79. The third kappa shape index (κ3) is 3.39. The number of rotatable bonds is 5. The number of carbonyl (C=O) groups excluding carboxylic acids is 2. The summed E-state index contributed by atoms with van der Waals surface area (Å²) < 4.78 is 0. The van der Waals surface area contributed by atoms with E-state index in [9.17, 15) is 9.59 Å². The SMILES string of the molecule is O=C1C(SCCO)=C(c2ccc(Cl)cc2)C(=O)N1C1CCCCC1. The molecular weight excluding hydrogens is 346 g/mol. The molecule has 0 unspecified atom stereocenters. The largest absolute Gasteiger partial charge is 0.396 e. The van der Waals surface area contributed by atoms with Crippen LogP contribution in [0.4, 0.5) is 0 Å². The van der Waals surface area contributed by atoms with E-state index in [1.165, 1.54) is 16.7 Å². The third-order valence-electron chi connectivity index (χ3n) is 4.48. The van der Waals surface area contributed by atoms with Crippen molar-refractivity contribution in [1.29, 1.82) is 0 Å². The summed E-state index contributed by atoms with van der Waals surface area (Å²) in [4.78, 5) is 27.8. The highest BCUT2D eigenvalue weighted by atomic mass is 35.5. The maximum atomic E-state index is 13.0. The zero-order valence-electron chi connectivity index (χ0n) is 13.3. The van der Waals surface area contributed by atoms with Crippen LogP contribution in [0.3, 0.4) is 0 Å². The average Bonchev–Trinajstić information content (AvgIpc) is 2.85. The van der Waals surface area contributed by atoms with Gasteiger partial charge in [0.25, 0.3) is 11.8 Å². The van der Waals surface area contributed by atoms with Gasteiger partial charge in [0, 0.05) is 16.8 Å². The second-order valence-corrected chi connectivity index (χ2v) is 7.60. The van der Waals surface area contributed by atoms with E-state index in [-0.39, 0.29) is 24.5 Å². The van der Waals surface area contributed by atoms with E-state index in [0.717, 1.165) is 32.1 Å². The Bertz CT molecular complexity index is 665. The van der Waals surface area contributed by atoms with Crippen LogP contribution in [0.5, 0.6) is 0 Å². The highest BCUT2D eigenvalue weighted by molar-refractivity contribution is 8.04. The van der Waals surface area contributed by atoms with Crippen molar-refractivity contribution in [1.82, 2.24) is 4.90 Å². The molecule has 0 spiro atoms. The van der Waals surface area contributed by atoms with Crippen LogP contribution in [0.2, 0.25) is 5.02 Å². The standard InChI is InChI=1S/C18H20ClNO3S/c19-13-8-6-12(7-9-13)15-16(24-11-10-21)18(23)20(17(15)22)14-4-2-1-3-5-14/h6-9,14,21H,1-5,10-11H2. The van der Waals surface area contributed by atoms with Crippen LogP contribution in [-0.4, -0.2) is 40.2 Å². The Morgan fingerprint density at radius 3 is 2.38 bits per heavy atom. The summed E-state index contributed by atoms with van der Waals surface area (Å²) >= 11 is 7.19. The Morgan fingerprint density at radius 2 is 1.75 bits per heavy atom. The number of aliphatic hydroxyl groups is 1. The fraction of sp³-hybridized carbons (Fsp3) is 0.444. The summed E-state index contributed by atoms with van der Waals surface area (Å²) in [6.45, 7) is -0.0348. The van der Waals surface area contributed by atoms with Crippen molar-refractivity contribution in [2.24, 2.45) is 0 Å². The van der Waals surface area contributed by atoms with Crippen LogP contribution >= 0.6 is 23.4 Å². The number of carbonyl (C=O) groups is 2. The van der Waals surface area contributed by atoms with Gasteiger partial charge in [-0.1, -0.05) is 43.0 Å². The van der Waals surface area contributed by atoms with E-state index in [0.29, 0.717) is 26.8 Å². The predicted molar refractivity (Wildman–Crippen MR) is 96.6 cm³/mol. The second kappa shape index (κ2) is 7.72. The predicted octanol–water partition coefficient (Wildman–Crippen LogP) is 3.48. The van der Waals surface area contributed by atoms with E-state index < -0.39 is 0 Å². The number of benzene rings is 1. The van der Waals surface area contributed by atoms with Gasteiger partial charge in [0.2, 0.25) is 0 Å². The van der Waals surface area contributed by atoms with Gasteiger partial charge in [0.15, 0.2) is 0 Å². The van der Waals surface area contributed by atoms with E-state index in [1.807, 2.05) is 0 Å². The summed E-state index contributed by atoms with van der Waals surface area (Å²) in [6, 6.07) is 6.98.